The number of aromatic nitrogens is 2. The van der Waals surface area contributed by atoms with Gasteiger partial charge in [0, 0.05) is 20.1 Å². The summed E-state index contributed by atoms with van der Waals surface area (Å²) in [5, 5.41) is 4.16. The summed E-state index contributed by atoms with van der Waals surface area (Å²) in [6.45, 7) is 5.23. The maximum Gasteiger partial charge on any atom is 0.341 e. The quantitative estimate of drug-likeness (QED) is 0.763. The van der Waals surface area contributed by atoms with Crippen LogP contribution < -0.4 is 0 Å². The Bertz CT molecular complexity index is 428. The van der Waals surface area contributed by atoms with Crippen molar-refractivity contribution in [2.45, 2.75) is 26.3 Å². The average molecular weight is 251 g/mol. The van der Waals surface area contributed by atoms with Gasteiger partial charge < -0.3 is 4.74 Å². The van der Waals surface area contributed by atoms with Crippen LogP contribution in [0.1, 0.15) is 35.8 Å². The molecule has 0 unspecified atom stereocenters. The zero-order chi connectivity index (χ0) is 13.1. The zero-order valence-corrected chi connectivity index (χ0v) is 11.3. The number of methoxy groups -OCH3 is 1. The SMILES string of the molecule is COC(=O)c1cnn(C)c1CN1CCC[C@@H](C)C1. The van der Waals surface area contributed by atoms with Crippen molar-refractivity contribution in [1.29, 1.82) is 0 Å². The van der Waals surface area contributed by atoms with Crippen LogP contribution in [0.3, 0.4) is 0 Å². The number of hydrogen-bond acceptors (Lipinski definition) is 4. The number of aryl methyl sites for hydroxylation is 1. The first-order valence-corrected chi connectivity index (χ1v) is 6.43. The molecule has 18 heavy (non-hydrogen) atoms. The highest BCUT2D eigenvalue weighted by Crippen LogP contribution is 2.19. The van der Waals surface area contributed by atoms with Gasteiger partial charge >= 0.3 is 5.97 Å². The van der Waals surface area contributed by atoms with Gasteiger partial charge in [-0.2, -0.15) is 5.10 Å². The number of esters is 1. The van der Waals surface area contributed by atoms with Crippen LogP contribution in [0.15, 0.2) is 6.20 Å². The highest BCUT2D eigenvalue weighted by molar-refractivity contribution is 5.90. The van der Waals surface area contributed by atoms with Gasteiger partial charge in [0.25, 0.3) is 0 Å². The topological polar surface area (TPSA) is 47.4 Å². The molecule has 1 aromatic rings. The van der Waals surface area contributed by atoms with Crippen molar-refractivity contribution in [2.75, 3.05) is 20.2 Å². The molecule has 0 aliphatic carbocycles. The molecule has 5 nitrogen and oxygen atoms in total. The van der Waals surface area contributed by atoms with Crippen molar-refractivity contribution in [2.24, 2.45) is 13.0 Å². The van der Waals surface area contributed by atoms with Crippen LogP contribution in [0.25, 0.3) is 0 Å². The molecule has 0 N–H and O–H groups in total. The third-order valence-electron chi connectivity index (χ3n) is 3.58. The van der Waals surface area contributed by atoms with Crippen molar-refractivity contribution in [3.63, 3.8) is 0 Å². The predicted molar refractivity (Wildman–Crippen MR) is 68.2 cm³/mol. The Hall–Kier alpha value is -1.36. The summed E-state index contributed by atoms with van der Waals surface area (Å²) in [6, 6.07) is 0. The Morgan fingerprint density at radius 1 is 1.61 bits per heavy atom. The molecule has 1 saturated heterocycles. The number of carbonyl (C=O) groups is 1. The summed E-state index contributed by atoms with van der Waals surface area (Å²) in [6.07, 6.45) is 4.12. The van der Waals surface area contributed by atoms with Gasteiger partial charge in [-0.15, -0.1) is 0 Å². The van der Waals surface area contributed by atoms with Gasteiger partial charge in [0.1, 0.15) is 5.56 Å². The molecule has 5 heteroatoms. The predicted octanol–water partition coefficient (Wildman–Crippen LogP) is 1.44. The van der Waals surface area contributed by atoms with Gasteiger partial charge in [-0.05, 0) is 25.3 Å². The number of rotatable bonds is 3. The molecule has 1 aliphatic rings. The minimum atomic E-state index is -0.303. The molecule has 1 aromatic heterocycles. The second-order valence-electron chi connectivity index (χ2n) is 5.10. The first-order valence-electron chi connectivity index (χ1n) is 6.43. The average Bonchev–Trinajstić information content (AvgIpc) is 2.70. The van der Waals surface area contributed by atoms with Gasteiger partial charge in [-0.1, -0.05) is 6.92 Å². The Labute approximate surface area is 108 Å². The van der Waals surface area contributed by atoms with E-state index in [-0.39, 0.29) is 5.97 Å². The van der Waals surface area contributed by atoms with Gasteiger partial charge in [0.2, 0.25) is 0 Å². The fraction of sp³-hybridized carbons (Fsp3) is 0.692. The van der Waals surface area contributed by atoms with E-state index in [1.165, 1.54) is 20.0 Å². The highest BCUT2D eigenvalue weighted by Gasteiger charge is 2.22. The molecule has 1 aliphatic heterocycles. The maximum atomic E-state index is 11.7. The molecular weight excluding hydrogens is 230 g/mol. The van der Waals surface area contributed by atoms with Gasteiger partial charge in [-0.3, -0.25) is 9.58 Å². The lowest BCUT2D eigenvalue weighted by Crippen LogP contribution is -2.34. The van der Waals surface area contributed by atoms with E-state index in [9.17, 15) is 4.79 Å². The standard InChI is InChI=1S/C13H21N3O2/c1-10-5-4-6-16(8-10)9-12-11(13(17)18-3)7-14-15(12)2/h7,10H,4-6,8-9H2,1-3H3/t10-/m1/s1. The second-order valence-corrected chi connectivity index (χ2v) is 5.10. The number of ether oxygens (including phenoxy) is 1. The van der Waals surface area contributed by atoms with E-state index in [1.807, 2.05) is 7.05 Å². The summed E-state index contributed by atoms with van der Waals surface area (Å²) >= 11 is 0. The summed E-state index contributed by atoms with van der Waals surface area (Å²) < 4.78 is 6.56. The Kier molecular flexibility index (Phi) is 4.01. The van der Waals surface area contributed by atoms with Crippen LogP contribution >= 0.6 is 0 Å². The molecule has 0 radical (unpaired) electrons. The van der Waals surface area contributed by atoms with Crippen LogP contribution in [0.2, 0.25) is 0 Å². The normalized spacial score (nSPS) is 20.9. The van der Waals surface area contributed by atoms with Crippen molar-refractivity contribution in [1.82, 2.24) is 14.7 Å². The van der Waals surface area contributed by atoms with Crippen LogP contribution in [-0.2, 0) is 18.3 Å². The van der Waals surface area contributed by atoms with Crippen LogP contribution in [0.4, 0.5) is 0 Å². The Morgan fingerprint density at radius 3 is 3.06 bits per heavy atom. The summed E-state index contributed by atoms with van der Waals surface area (Å²) in [5.74, 6) is 0.428. The van der Waals surface area contributed by atoms with E-state index >= 15 is 0 Å². The third-order valence-corrected chi connectivity index (χ3v) is 3.58. The van der Waals surface area contributed by atoms with E-state index in [0.717, 1.165) is 31.2 Å². The smallest absolute Gasteiger partial charge is 0.341 e. The lowest BCUT2D eigenvalue weighted by Gasteiger charge is -2.30. The lowest BCUT2D eigenvalue weighted by molar-refractivity contribution is 0.0597. The molecule has 2 heterocycles. The molecule has 0 amide bonds. The van der Waals surface area contributed by atoms with E-state index in [0.29, 0.717) is 5.56 Å². The van der Waals surface area contributed by atoms with Crippen LogP contribution in [0.5, 0.6) is 0 Å². The molecule has 1 fully saturated rings. The number of likely N-dealkylation sites (tertiary alicyclic amines) is 1. The minimum Gasteiger partial charge on any atom is -0.465 e. The molecule has 0 bridgehead atoms. The van der Waals surface area contributed by atoms with E-state index in [1.54, 1.807) is 10.9 Å². The van der Waals surface area contributed by atoms with E-state index < -0.39 is 0 Å². The first kappa shape index (κ1) is 13.1. The minimum absolute atomic E-state index is 0.303. The molecule has 2 rings (SSSR count). The summed E-state index contributed by atoms with van der Waals surface area (Å²) in [7, 11) is 3.28. The van der Waals surface area contributed by atoms with E-state index in [4.69, 9.17) is 4.74 Å². The number of nitrogens with zero attached hydrogens (tertiary/aromatic N) is 3. The maximum absolute atomic E-state index is 11.7. The summed E-state index contributed by atoms with van der Waals surface area (Å²) in [4.78, 5) is 14.0. The van der Waals surface area contributed by atoms with Gasteiger partial charge in [0.05, 0.1) is 19.0 Å². The van der Waals surface area contributed by atoms with Crippen molar-refractivity contribution in [3.05, 3.63) is 17.5 Å². The monoisotopic (exact) mass is 251 g/mol. The fourth-order valence-corrected chi connectivity index (χ4v) is 2.57. The lowest BCUT2D eigenvalue weighted by atomic mass is 10.00. The highest BCUT2D eigenvalue weighted by atomic mass is 16.5. The van der Waals surface area contributed by atoms with Crippen LogP contribution in [-0.4, -0.2) is 40.8 Å². The number of carbonyl (C=O) groups excluding carboxylic acids is 1. The first-order chi connectivity index (χ1) is 8.61. The summed E-state index contributed by atoms with van der Waals surface area (Å²) in [5.41, 5.74) is 1.52. The molecular formula is C13H21N3O2. The molecule has 100 valence electrons. The van der Waals surface area contributed by atoms with Crippen molar-refractivity contribution >= 4 is 5.97 Å². The van der Waals surface area contributed by atoms with Crippen molar-refractivity contribution < 1.29 is 9.53 Å². The Balaban J connectivity index is 2.12. The Morgan fingerprint density at radius 2 is 2.39 bits per heavy atom. The number of piperidine rings is 1. The van der Waals surface area contributed by atoms with Crippen molar-refractivity contribution in [3.8, 4) is 0 Å². The molecule has 0 aromatic carbocycles. The molecule has 0 saturated carbocycles. The second kappa shape index (κ2) is 5.52. The third kappa shape index (κ3) is 2.72. The molecule has 1 atom stereocenters. The largest absolute Gasteiger partial charge is 0.465 e. The van der Waals surface area contributed by atoms with E-state index in [2.05, 4.69) is 16.9 Å². The molecule has 0 spiro atoms. The van der Waals surface area contributed by atoms with Crippen LogP contribution in [0, 0.1) is 5.92 Å². The van der Waals surface area contributed by atoms with Gasteiger partial charge in [-0.25, -0.2) is 4.79 Å². The zero-order valence-electron chi connectivity index (χ0n) is 11.3. The van der Waals surface area contributed by atoms with Gasteiger partial charge in [0.15, 0.2) is 0 Å². The fourth-order valence-electron chi connectivity index (χ4n) is 2.57. The number of hydrogen-bond donors (Lipinski definition) is 0.